The average molecular weight is 286 g/mol. The van der Waals surface area contributed by atoms with Crippen molar-refractivity contribution in [2.75, 3.05) is 19.5 Å². The SMILES string of the molecule is CCCC(N)C(=O)O.COCC(C)(C)n1cnc(N)c1. The fourth-order valence-corrected chi connectivity index (χ4v) is 1.53. The van der Waals surface area contributed by atoms with E-state index in [2.05, 4.69) is 18.8 Å². The molecule has 7 heteroatoms. The van der Waals surface area contributed by atoms with Crippen molar-refractivity contribution < 1.29 is 14.6 Å². The number of aliphatic carboxylic acids is 1. The zero-order chi connectivity index (χ0) is 15.8. The summed E-state index contributed by atoms with van der Waals surface area (Å²) in [4.78, 5) is 13.9. The Balaban J connectivity index is 0.000000396. The van der Waals surface area contributed by atoms with Crippen LogP contribution in [0.15, 0.2) is 12.5 Å². The zero-order valence-corrected chi connectivity index (χ0v) is 12.7. The summed E-state index contributed by atoms with van der Waals surface area (Å²) >= 11 is 0. The van der Waals surface area contributed by atoms with Crippen molar-refractivity contribution in [3.63, 3.8) is 0 Å². The summed E-state index contributed by atoms with van der Waals surface area (Å²) in [6, 6.07) is -0.667. The number of carboxylic acids is 1. The normalized spacial score (nSPS) is 12.4. The Hall–Kier alpha value is -1.60. The monoisotopic (exact) mass is 286 g/mol. The molecule has 20 heavy (non-hydrogen) atoms. The summed E-state index contributed by atoms with van der Waals surface area (Å²) < 4.78 is 7.03. The first-order valence-electron chi connectivity index (χ1n) is 6.51. The van der Waals surface area contributed by atoms with E-state index in [9.17, 15) is 4.79 Å². The predicted molar refractivity (Wildman–Crippen MR) is 78.4 cm³/mol. The lowest BCUT2D eigenvalue weighted by Crippen LogP contribution is -2.30. The van der Waals surface area contributed by atoms with Crippen LogP contribution in [0.3, 0.4) is 0 Å². The molecule has 0 aliphatic carbocycles. The van der Waals surface area contributed by atoms with E-state index in [-0.39, 0.29) is 5.54 Å². The van der Waals surface area contributed by atoms with Gasteiger partial charge in [-0.1, -0.05) is 13.3 Å². The first-order chi connectivity index (χ1) is 9.24. The van der Waals surface area contributed by atoms with Crippen molar-refractivity contribution in [1.29, 1.82) is 0 Å². The summed E-state index contributed by atoms with van der Waals surface area (Å²) in [5.74, 6) is -0.369. The topological polar surface area (TPSA) is 116 Å². The highest BCUT2D eigenvalue weighted by molar-refractivity contribution is 5.72. The van der Waals surface area contributed by atoms with Gasteiger partial charge >= 0.3 is 5.97 Å². The maximum absolute atomic E-state index is 9.96. The molecule has 1 heterocycles. The van der Waals surface area contributed by atoms with Gasteiger partial charge in [0, 0.05) is 13.3 Å². The first-order valence-corrected chi connectivity index (χ1v) is 6.51. The van der Waals surface area contributed by atoms with Gasteiger partial charge in [-0.2, -0.15) is 0 Å². The maximum atomic E-state index is 9.96. The highest BCUT2D eigenvalue weighted by Gasteiger charge is 2.19. The lowest BCUT2D eigenvalue weighted by molar-refractivity contribution is -0.138. The Bertz CT molecular complexity index is 404. The summed E-state index contributed by atoms with van der Waals surface area (Å²) in [5.41, 5.74) is 10.5. The number of nitrogens with zero attached hydrogens (tertiary/aromatic N) is 2. The van der Waals surface area contributed by atoms with Crippen LogP contribution in [0.1, 0.15) is 33.6 Å². The molecular weight excluding hydrogens is 260 g/mol. The minimum Gasteiger partial charge on any atom is -0.480 e. The third-order valence-electron chi connectivity index (χ3n) is 2.72. The zero-order valence-electron chi connectivity index (χ0n) is 12.7. The molecule has 0 saturated heterocycles. The van der Waals surface area contributed by atoms with Crippen molar-refractivity contribution in [2.24, 2.45) is 5.73 Å². The molecule has 116 valence electrons. The van der Waals surface area contributed by atoms with E-state index in [1.807, 2.05) is 11.5 Å². The van der Waals surface area contributed by atoms with Crippen molar-refractivity contribution in [3.8, 4) is 0 Å². The summed E-state index contributed by atoms with van der Waals surface area (Å²) in [6.07, 6.45) is 4.91. The molecule has 1 unspecified atom stereocenters. The van der Waals surface area contributed by atoms with Gasteiger partial charge in [-0.25, -0.2) is 4.98 Å². The van der Waals surface area contributed by atoms with Crippen molar-refractivity contribution in [1.82, 2.24) is 9.55 Å². The van der Waals surface area contributed by atoms with Crippen LogP contribution in [0.25, 0.3) is 0 Å². The molecule has 0 spiro atoms. The van der Waals surface area contributed by atoms with Crippen molar-refractivity contribution in [3.05, 3.63) is 12.5 Å². The molecule has 1 aromatic heterocycles. The number of imidazole rings is 1. The van der Waals surface area contributed by atoms with E-state index < -0.39 is 12.0 Å². The number of ether oxygens (including phenoxy) is 1. The van der Waals surface area contributed by atoms with Crippen LogP contribution in [0, 0.1) is 0 Å². The third kappa shape index (κ3) is 6.53. The molecule has 0 radical (unpaired) electrons. The van der Waals surface area contributed by atoms with Gasteiger partial charge in [-0.05, 0) is 20.3 Å². The predicted octanol–water partition coefficient (Wildman–Crippen LogP) is 1.05. The molecule has 1 rings (SSSR count). The largest absolute Gasteiger partial charge is 0.480 e. The molecular formula is C13H26N4O3. The van der Waals surface area contributed by atoms with Crippen LogP contribution < -0.4 is 11.5 Å². The van der Waals surface area contributed by atoms with Gasteiger partial charge < -0.3 is 25.9 Å². The van der Waals surface area contributed by atoms with Crippen LogP contribution in [-0.4, -0.2) is 40.4 Å². The van der Waals surface area contributed by atoms with Crippen LogP contribution in [0.2, 0.25) is 0 Å². The van der Waals surface area contributed by atoms with Gasteiger partial charge in [-0.15, -0.1) is 0 Å². The first kappa shape index (κ1) is 18.4. The Morgan fingerprint density at radius 3 is 2.50 bits per heavy atom. The molecule has 7 nitrogen and oxygen atoms in total. The van der Waals surface area contributed by atoms with Crippen molar-refractivity contribution in [2.45, 2.75) is 45.2 Å². The van der Waals surface area contributed by atoms with Crippen LogP contribution in [0.4, 0.5) is 5.82 Å². The number of hydrogen-bond acceptors (Lipinski definition) is 5. The minimum atomic E-state index is -0.910. The number of nitrogen functional groups attached to an aromatic ring is 1. The summed E-state index contributed by atoms with van der Waals surface area (Å²) in [5, 5.41) is 8.19. The lowest BCUT2D eigenvalue weighted by Gasteiger charge is -2.24. The van der Waals surface area contributed by atoms with Gasteiger partial charge in [0.25, 0.3) is 0 Å². The number of anilines is 1. The Morgan fingerprint density at radius 2 is 2.20 bits per heavy atom. The Morgan fingerprint density at radius 1 is 1.60 bits per heavy atom. The van der Waals surface area contributed by atoms with Gasteiger partial charge in [0.1, 0.15) is 11.9 Å². The Labute approximate surface area is 119 Å². The number of nitrogens with two attached hydrogens (primary N) is 2. The number of aromatic nitrogens is 2. The van der Waals surface area contributed by atoms with E-state index in [1.54, 1.807) is 19.6 Å². The highest BCUT2D eigenvalue weighted by atomic mass is 16.5. The molecule has 0 saturated carbocycles. The van der Waals surface area contributed by atoms with E-state index >= 15 is 0 Å². The molecule has 1 atom stereocenters. The number of carboxylic acid groups (broad SMARTS) is 1. The molecule has 0 amide bonds. The van der Waals surface area contributed by atoms with Crippen LogP contribution >= 0.6 is 0 Å². The standard InChI is InChI=1S/C8H15N3O.C5H11NO2/c1-8(2,5-12-3)11-4-7(9)10-6-11;1-2-3-4(6)5(7)8/h4,6H,5,9H2,1-3H3;4H,2-3,6H2,1H3,(H,7,8). The molecule has 0 bridgehead atoms. The Kier molecular flexibility index (Phi) is 7.86. The molecule has 5 N–H and O–H groups in total. The van der Waals surface area contributed by atoms with E-state index in [0.717, 1.165) is 6.42 Å². The molecule has 0 fully saturated rings. The van der Waals surface area contributed by atoms with Crippen molar-refractivity contribution >= 4 is 11.8 Å². The van der Waals surface area contributed by atoms with Gasteiger partial charge in [-0.3, -0.25) is 4.79 Å². The van der Waals surface area contributed by atoms with Crippen LogP contribution in [-0.2, 0) is 15.1 Å². The lowest BCUT2D eigenvalue weighted by atomic mass is 10.1. The molecule has 0 aliphatic heterocycles. The third-order valence-corrected chi connectivity index (χ3v) is 2.72. The van der Waals surface area contributed by atoms with Crippen LogP contribution in [0.5, 0.6) is 0 Å². The average Bonchev–Trinajstić information content (AvgIpc) is 2.77. The molecule has 1 aromatic rings. The van der Waals surface area contributed by atoms with Gasteiger partial charge in [0.05, 0.1) is 18.5 Å². The quantitative estimate of drug-likeness (QED) is 0.719. The maximum Gasteiger partial charge on any atom is 0.320 e. The van der Waals surface area contributed by atoms with E-state index in [1.165, 1.54) is 0 Å². The smallest absolute Gasteiger partial charge is 0.320 e. The number of methoxy groups -OCH3 is 1. The number of carbonyl (C=O) groups is 1. The second kappa shape index (κ2) is 8.55. The fourth-order valence-electron chi connectivity index (χ4n) is 1.53. The molecule has 0 aromatic carbocycles. The van der Waals surface area contributed by atoms with E-state index in [0.29, 0.717) is 18.8 Å². The second-order valence-corrected chi connectivity index (χ2v) is 5.18. The van der Waals surface area contributed by atoms with E-state index in [4.69, 9.17) is 21.3 Å². The van der Waals surface area contributed by atoms with Gasteiger partial charge in [0.15, 0.2) is 0 Å². The number of hydrogen-bond donors (Lipinski definition) is 3. The minimum absolute atomic E-state index is 0.0840. The molecule has 0 aliphatic rings. The second-order valence-electron chi connectivity index (χ2n) is 5.18. The summed E-state index contributed by atoms with van der Waals surface area (Å²) in [7, 11) is 1.68. The highest BCUT2D eigenvalue weighted by Crippen LogP contribution is 2.15. The number of rotatable bonds is 6. The van der Waals surface area contributed by atoms with Gasteiger partial charge in [0.2, 0.25) is 0 Å². The fraction of sp³-hybridized carbons (Fsp3) is 0.692. The summed E-state index contributed by atoms with van der Waals surface area (Å²) in [6.45, 7) is 6.68.